The van der Waals surface area contributed by atoms with E-state index in [1.807, 2.05) is 60.7 Å². The number of ether oxygens (including phenoxy) is 2. The summed E-state index contributed by atoms with van der Waals surface area (Å²) in [4.78, 5) is 37.4. The molecule has 8 nitrogen and oxygen atoms in total. The highest BCUT2D eigenvalue weighted by atomic mass is 16.6. The van der Waals surface area contributed by atoms with Crippen LogP contribution in [-0.4, -0.2) is 23.5 Å². The summed E-state index contributed by atoms with van der Waals surface area (Å²) >= 11 is 0. The maximum atomic E-state index is 13.5. The normalized spacial score (nSPS) is 15.2. The van der Waals surface area contributed by atoms with Crippen LogP contribution < -0.4 is 5.32 Å². The van der Waals surface area contributed by atoms with Crippen molar-refractivity contribution in [2.24, 2.45) is 5.92 Å². The van der Waals surface area contributed by atoms with E-state index in [0.29, 0.717) is 17.0 Å². The standard InChI is InChI=1S/C31H28N2O6/c1-3-38-31(35)28-26(19-16-22-14-17-25(18-15-22)33(36)37)27(30(34)39-20-23-10-6-4-7-11-23)21(2)32-29(28)24-12-8-5-9-13-24/h4-19,26,32H,3,20H2,1-2H3/b19-16+. The number of dihydropyridines is 1. The summed E-state index contributed by atoms with van der Waals surface area (Å²) in [6.45, 7) is 3.70. The summed E-state index contributed by atoms with van der Waals surface area (Å²) in [6.07, 6.45) is 3.44. The summed E-state index contributed by atoms with van der Waals surface area (Å²) in [5.74, 6) is -1.95. The van der Waals surface area contributed by atoms with E-state index in [2.05, 4.69) is 5.32 Å². The highest BCUT2D eigenvalue weighted by Gasteiger charge is 2.37. The van der Waals surface area contributed by atoms with Gasteiger partial charge in [-0.3, -0.25) is 10.1 Å². The summed E-state index contributed by atoms with van der Waals surface area (Å²) in [6, 6.07) is 24.6. The Kier molecular flexibility index (Phi) is 8.68. The van der Waals surface area contributed by atoms with Crippen molar-refractivity contribution in [2.75, 3.05) is 6.61 Å². The molecule has 0 spiro atoms. The fraction of sp³-hybridized carbons (Fsp3) is 0.161. The Labute approximate surface area is 226 Å². The minimum Gasteiger partial charge on any atom is -0.463 e. The van der Waals surface area contributed by atoms with E-state index in [1.165, 1.54) is 12.1 Å². The lowest BCUT2D eigenvalue weighted by molar-refractivity contribution is -0.384. The smallest absolute Gasteiger partial charge is 0.337 e. The molecule has 39 heavy (non-hydrogen) atoms. The molecular weight excluding hydrogens is 496 g/mol. The number of nitro benzene ring substituents is 1. The summed E-state index contributed by atoms with van der Waals surface area (Å²) in [5.41, 5.74) is 3.82. The molecule has 3 aromatic carbocycles. The fourth-order valence-electron chi connectivity index (χ4n) is 4.31. The first-order valence-electron chi connectivity index (χ1n) is 12.5. The van der Waals surface area contributed by atoms with Gasteiger partial charge in [-0.2, -0.15) is 0 Å². The minimum absolute atomic E-state index is 0.0339. The van der Waals surface area contributed by atoms with Crippen molar-refractivity contribution < 1.29 is 24.0 Å². The maximum Gasteiger partial charge on any atom is 0.337 e. The van der Waals surface area contributed by atoms with Crippen LogP contribution in [0.15, 0.2) is 108 Å². The van der Waals surface area contributed by atoms with Gasteiger partial charge < -0.3 is 14.8 Å². The van der Waals surface area contributed by atoms with E-state index in [9.17, 15) is 19.7 Å². The number of benzene rings is 3. The molecule has 0 saturated heterocycles. The Bertz CT molecular complexity index is 1440. The molecule has 1 aliphatic rings. The first kappa shape index (κ1) is 27.1. The largest absolute Gasteiger partial charge is 0.463 e. The molecule has 198 valence electrons. The van der Waals surface area contributed by atoms with Crippen molar-refractivity contribution >= 4 is 29.4 Å². The molecule has 0 aliphatic carbocycles. The van der Waals surface area contributed by atoms with Crippen LogP contribution in [0.1, 0.15) is 30.5 Å². The molecule has 8 heteroatoms. The second-order valence-electron chi connectivity index (χ2n) is 8.79. The zero-order valence-corrected chi connectivity index (χ0v) is 21.6. The first-order valence-corrected chi connectivity index (χ1v) is 12.5. The molecule has 4 rings (SSSR count). The van der Waals surface area contributed by atoms with Crippen molar-refractivity contribution in [3.05, 3.63) is 135 Å². The van der Waals surface area contributed by atoms with Crippen LogP contribution in [0.2, 0.25) is 0 Å². The molecule has 1 N–H and O–H groups in total. The maximum absolute atomic E-state index is 13.5. The Hall–Kier alpha value is -4.98. The van der Waals surface area contributed by atoms with E-state index in [4.69, 9.17) is 9.47 Å². The number of nitro groups is 1. The summed E-state index contributed by atoms with van der Waals surface area (Å²) in [7, 11) is 0. The van der Waals surface area contributed by atoms with Gasteiger partial charge in [0.25, 0.3) is 5.69 Å². The van der Waals surface area contributed by atoms with Crippen LogP contribution in [0, 0.1) is 16.0 Å². The van der Waals surface area contributed by atoms with Crippen LogP contribution in [0.4, 0.5) is 5.69 Å². The molecule has 1 unspecified atom stereocenters. The van der Waals surface area contributed by atoms with Crippen molar-refractivity contribution in [3.8, 4) is 0 Å². The Balaban J connectivity index is 1.78. The number of carbonyl (C=O) groups excluding carboxylic acids is 2. The van der Waals surface area contributed by atoms with Gasteiger partial charge in [-0.25, -0.2) is 9.59 Å². The molecular formula is C31H28N2O6. The molecule has 0 bridgehead atoms. The third-order valence-corrected chi connectivity index (χ3v) is 6.18. The predicted molar refractivity (Wildman–Crippen MR) is 148 cm³/mol. The van der Waals surface area contributed by atoms with E-state index in [1.54, 1.807) is 38.1 Å². The molecule has 0 fully saturated rings. The second-order valence-corrected chi connectivity index (χ2v) is 8.79. The third kappa shape index (κ3) is 6.48. The van der Waals surface area contributed by atoms with Crippen LogP contribution >= 0.6 is 0 Å². The second kappa shape index (κ2) is 12.5. The zero-order valence-electron chi connectivity index (χ0n) is 21.6. The van der Waals surface area contributed by atoms with Gasteiger partial charge in [0.15, 0.2) is 0 Å². The topological polar surface area (TPSA) is 108 Å². The van der Waals surface area contributed by atoms with Gasteiger partial charge >= 0.3 is 11.9 Å². The highest BCUT2D eigenvalue weighted by Crippen LogP contribution is 2.37. The Morgan fingerprint density at radius 2 is 1.51 bits per heavy atom. The average molecular weight is 525 g/mol. The molecule has 0 saturated carbocycles. The minimum atomic E-state index is -0.807. The van der Waals surface area contributed by atoms with Gasteiger partial charge in [-0.1, -0.05) is 72.8 Å². The van der Waals surface area contributed by atoms with E-state index in [-0.39, 0.29) is 30.0 Å². The number of hydrogen-bond donors (Lipinski definition) is 1. The van der Waals surface area contributed by atoms with Crippen molar-refractivity contribution in [3.63, 3.8) is 0 Å². The van der Waals surface area contributed by atoms with Crippen LogP contribution in [0.25, 0.3) is 11.8 Å². The SMILES string of the molecule is CCOC(=O)C1=C(c2ccccc2)NC(C)=C(C(=O)OCc2ccccc2)C1/C=C/c1ccc([N+](=O)[O-])cc1. The van der Waals surface area contributed by atoms with E-state index < -0.39 is 22.8 Å². The number of allylic oxidation sites excluding steroid dienone is 2. The van der Waals surface area contributed by atoms with Gasteiger partial charge in [0.1, 0.15) is 6.61 Å². The number of nitrogens with zero attached hydrogens (tertiary/aromatic N) is 1. The van der Waals surface area contributed by atoms with Crippen LogP contribution in [-0.2, 0) is 25.7 Å². The van der Waals surface area contributed by atoms with Crippen LogP contribution in [0.5, 0.6) is 0 Å². The third-order valence-electron chi connectivity index (χ3n) is 6.18. The highest BCUT2D eigenvalue weighted by molar-refractivity contribution is 6.04. The molecule has 0 aromatic heterocycles. The molecule has 3 aromatic rings. The van der Waals surface area contributed by atoms with Gasteiger partial charge in [-0.15, -0.1) is 0 Å². The quantitative estimate of drug-likeness (QED) is 0.213. The van der Waals surface area contributed by atoms with Gasteiger partial charge in [0, 0.05) is 23.7 Å². The lowest BCUT2D eigenvalue weighted by atomic mass is 9.83. The number of carbonyl (C=O) groups is 2. The molecule has 0 amide bonds. The first-order chi connectivity index (χ1) is 18.9. The van der Waals surface area contributed by atoms with Crippen molar-refractivity contribution in [2.45, 2.75) is 20.5 Å². The van der Waals surface area contributed by atoms with E-state index >= 15 is 0 Å². The molecule has 0 radical (unpaired) electrons. The van der Waals surface area contributed by atoms with Gasteiger partial charge in [0.2, 0.25) is 0 Å². The molecule has 1 heterocycles. The molecule has 1 aliphatic heterocycles. The number of esters is 2. The molecule has 1 atom stereocenters. The zero-order chi connectivity index (χ0) is 27.8. The van der Waals surface area contributed by atoms with Crippen molar-refractivity contribution in [1.82, 2.24) is 5.32 Å². The average Bonchev–Trinajstić information content (AvgIpc) is 2.95. The number of nitrogens with one attached hydrogen (secondary N) is 1. The summed E-state index contributed by atoms with van der Waals surface area (Å²) < 4.78 is 11.1. The Morgan fingerprint density at radius 3 is 2.13 bits per heavy atom. The number of rotatable bonds is 9. The van der Waals surface area contributed by atoms with Crippen molar-refractivity contribution in [1.29, 1.82) is 0 Å². The number of hydrogen-bond acceptors (Lipinski definition) is 7. The van der Waals surface area contributed by atoms with Crippen LogP contribution in [0.3, 0.4) is 0 Å². The number of non-ortho nitro benzene ring substituents is 1. The fourth-order valence-corrected chi connectivity index (χ4v) is 4.31. The predicted octanol–water partition coefficient (Wildman–Crippen LogP) is 5.82. The monoisotopic (exact) mass is 524 g/mol. The lowest BCUT2D eigenvalue weighted by Gasteiger charge is -2.30. The van der Waals surface area contributed by atoms with Gasteiger partial charge in [0.05, 0.1) is 28.4 Å². The lowest BCUT2D eigenvalue weighted by Crippen LogP contribution is -2.33. The Morgan fingerprint density at radius 1 is 0.897 bits per heavy atom. The van der Waals surface area contributed by atoms with E-state index in [0.717, 1.165) is 11.1 Å². The van der Waals surface area contributed by atoms with Gasteiger partial charge in [-0.05, 0) is 42.7 Å². The summed E-state index contributed by atoms with van der Waals surface area (Å²) in [5, 5.41) is 14.3.